The van der Waals surface area contributed by atoms with Crippen molar-refractivity contribution in [2.45, 2.75) is 57.7 Å². The van der Waals surface area contributed by atoms with Crippen molar-refractivity contribution in [1.29, 1.82) is 0 Å². The SMILES string of the molecule is CC(=O)N[C@@](C)(C(=O)N1CCC[C@@H]1Cn1cccn1)C1CC1. The standard InChI is InChI=1S/C16H24N4O2/c1-12(21)18-16(2,13-6-7-13)15(22)20-10-3-5-14(20)11-19-9-4-8-17-19/h4,8-9,13-14H,3,5-7,10-11H2,1-2H3,(H,18,21)/t14-,16-/m1/s1. The molecule has 6 heteroatoms. The van der Waals surface area contributed by atoms with Crippen LogP contribution in [-0.4, -0.2) is 44.6 Å². The molecule has 0 radical (unpaired) electrons. The lowest BCUT2D eigenvalue weighted by molar-refractivity contribution is -0.142. The molecule has 120 valence electrons. The van der Waals surface area contributed by atoms with Crippen molar-refractivity contribution in [3.8, 4) is 0 Å². The summed E-state index contributed by atoms with van der Waals surface area (Å²) in [4.78, 5) is 26.6. The predicted molar refractivity (Wildman–Crippen MR) is 81.9 cm³/mol. The van der Waals surface area contributed by atoms with Gasteiger partial charge in [-0.2, -0.15) is 5.10 Å². The van der Waals surface area contributed by atoms with Gasteiger partial charge in [0, 0.05) is 25.9 Å². The first-order chi connectivity index (χ1) is 10.5. The first-order valence-corrected chi connectivity index (χ1v) is 8.08. The molecule has 1 aliphatic carbocycles. The molecule has 0 aromatic carbocycles. The number of carbonyl (C=O) groups excluding carboxylic acids is 2. The lowest BCUT2D eigenvalue weighted by Crippen LogP contribution is -2.60. The van der Waals surface area contributed by atoms with E-state index in [-0.39, 0.29) is 23.8 Å². The Hall–Kier alpha value is -1.85. The largest absolute Gasteiger partial charge is 0.342 e. The predicted octanol–water partition coefficient (Wildman–Crippen LogP) is 1.18. The summed E-state index contributed by atoms with van der Waals surface area (Å²) < 4.78 is 1.88. The Kier molecular flexibility index (Phi) is 3.93. The van der Waals surface area contributed by atoms with Crippen molar-refractivity contribution in [3.05, 3.63) is 18.5 Å². The summed E-state index contributed by atoms with van der Waals surface area (Å²) in [6.45, 7) is 4.86. The Morgan fingerprint density at radius 2 is 2.14 bits per heavy atom. The maximum absolute atomic E-state index is 13.1. The lowest BCUT2D eigenvalue weighted by atomic mass is 9.93. The quantitative estimate of drug-likeness (QED) is 0.888. The van der Waals surface area contributed by atoms with Gasteiger partial charge in [0.25, 0.3) is 0 Å². The second-order valence-corrected chi connectivity index (χ2v) is 6.68. The Bertz CT molecular complexity index is 553. The summed E-state index contributed by atoms with van der Waals surface area (Å²) in [5.41, 5.74) is -0.751. The summed E-state index contributed by atoms with van der Waals surface area (Å²) in [6.07, 6.45) is 7.72. The minimum Gasteiger partial charge on any atom is -0.342 e. The normalized spacial score (nSPS) is 24.1. The van der Waals surface area contributed by atoms with E-state index in [4.69, 9.17) is 0 Å². The van der Waals surface area contributed by atoms with E-state index in [0.29, 0.717) is 0 Å². The molecule has 2 fully saturated rings. The van der Waals surface area contributed by atoms with E-state index in [2.05, 4.69) is 10.4 Å². The van der Waals surface area contributed by atoms with Gasteiger partial charge in [-0.05, 0) is 44.6 Å². The Balaban J connectivity index is 1.75. The summed E-state index contributed by atoms with van der Waals surface area (Å²) in [5, 5.41) is 7.16. The minimum atomic E-state index is -0.751. The van der Waals surface area contributed by atoms with Gasteiger partial charge < -0.3 is 10.2 Å². The van der Waals surface area contributed by atoms with Gasteiger partial charge in [0.05, 0.1) is 12.6 Å². The molecule has 0 unspecified atom stereocenters. The van der Waals surface area contributed by atoms with E-state index in [0.717, 1.165) is 38.8 Å². The molecule has 6 nitrogen and oxygen atoms in total. The average molecular weight is 304 g/mol. The van der Waals surface area contributed by atoms with E-state index in [1.165, 1.54) is 6.92 Å². The van der Waals surface area contributed by atoms with Crippen LogP contribution in [0, 0.1) is 5.92 Å². The number of nitrogens with zero attached hydrogens (tertiary/aromatic N) is 3. The first-order valence-electron chi connectivity index (χ1n) is 8.08. The average Bonchev–Trinajstić information content (AvgIpc) is 3.03. The van der Waals surface area contributed by atoms with Crippen molar-refractivity contribution in [2.24, 2.45) is 5.92 Å². The van der Waals surface area contributed by atoms with Gasteiger partial charge in [0.2, 0.25) is 11.8 Å². The van der Waals surface area contributed by atoms with Crippen LogP contribution in [0.4, 0.5) is 0 Å². The van der Waals surface area contributed by atoms with Gasteiger partial charge in [0.1, 0.15) is 5.54 Å². The van der Waals surface area contributed by atoms with E-state index in [9.17, 15) is 9.59 Å². The van der Waals surface area contributed by atoms with Crippen molar-refractivity contribution in [3.63, 3.8) is 0 Å². The molecule has 0 spiro atoms. The third-order valence-corrected chi connectivity index (χ3v) is 4.87. The van der Waals surface area contributed by atoms with Crippen LogP contribution in [0.25, 0.3) is 0 Å². The Labute approximate surface area is 130 Å². The highest BCUT2D eigenvalue weighted by molar-refractivity contribution is 5.91. The second kappa shape index (κ2) is 5.74. The molecular formula is C16H24N4O2. The van der Waals surface area contributed by atoms with Gasteiger partial charge in [-0.15, -0.1) is 0 Å². The van der Waals surface area contributed by atoms with Crippen LogP contribution >= 0.6 is 0 Å². The summed E-state index contributed by atoms with van der Waals surface area (Å²) >= 11 is 0. The van der Waals surface area contributed by atoms with E-state index >= 15 is 0 Å². The van der Waals surface area contributed by atoms with E-state index in [1.54, 1.807) is 6.20 Å². The van der Waals surface area contributed by atoms with Gasteiger partial charge in [-0.1, -0.05) is 0 Å². The molecule has 1 aliphatic heterocycles. The molecule has 0 bridgehead atoms. The van der Waals surface area contributed by atoms with Crippen LogP contribution < -0.4 is 5.32 Å². The zero-order valence-electron chi connectivity index (χ0n) is 13.3. The fourth-order valence-corrected chi connectivity index (χ4v) is 3.57. The number of aromatic nitrogens is 2. The Morgan fingerprint density at radius 3 is 2.73 bits per heavy atom. The molecule has 1 aromatic heterocycles. The zero-order valence-corrected chi connectivity index (χ0v) is 13.3. The number of amides is 2. The smallest absolute Gasteiger partial charge is 0.248 e. The Morgan fingerprint density at radius 1 is 1.36 bits per heavy atom. The molecule has 1 N–H and O–H groups in total. The van der Waals surface area contributed by atoms with Crippen LogP contribution in [0.3, 0.4) is 0 Å². The number of nitrogens with one attached hydrogen (secondary N) is 1. The molecule has 2 heterocycles. The van der Waals surface area contributed by atoms with Gasteiger partial charge in [-0.3, -0.25) is 14.3 Å². The molecule has 22 heavy (non-hydrogen) atoms. The zero-order chi connectivity index (χ0) is 15.7. The lowest BCUT2D eigenvalue weighted by Gasteiger charge is -2.36. The highest BCUT2D eigenvalue weighted by atomic mass is 16.2. The first kappa shape index (κ1) is 15.1. The third-order valence-electron chi connectivity index (χ3n) is 4.87. The number of carbonyl (C=O) groups is 2. The van der Waals surface area contributed by atoms with Crippen molar-refractivity contribution < 1.29 is 9.59 Å². The second-order valence-electron chi connectivity index (χ2n) is 6.68. The van der Waals surface area contributed by atoms with E-state index < -0.39 is 5.54 Å². The van der Waals surface area contributed by atoms with Crippen LogP contribution in [0.15, 0.2) is 18.5 Å². The maximum Gasteiger partial charge on any atom is 0.248 e. The molecule has 2 atom stereocenters. The van der Waals surface area contributed by atoms with Crippen molar-refractivity contribution in [2.75, 3.05) is 6.54 Å². The fraction of sp³-hybridized carbons (Fsp3) is 0.688. The van der Waals surface area contributed by atoms with Crippen LogP contribution in [0.5, 0.6) is 0 Å². The van der Waals surface area contributed by atoms with Gasteiger partial charge >= 0.3 is 0 Å². The topological polar surface area (TPSA) is 67.2 Å². The van der Waals surface area contributed by atoms with Gasteiger partial charge in [0.15, 0.2) is 0 Å². The molecule has 1 saturated carbocycles. The summed E-state index contributed by atoms with van der Waals surface area (Å²) in [7, 11) is 0. The maximum atomic E-state index is 13.1. The van der Waals surface area contributed by atoms with Crippen LogP contribution in [-0.2, 0) is 16.1 Å². The minimum absolute atomic E-state index is 0.0693. The van der Waals surface area contributed by atoms with Crippen molar-refractivity contribution >= 4 is 11.8 Å². The van der Waals surface area contributed by atoms with Crippen molar-refractivity contribution in [1.82, 2.24) is 20.0 Å². The summed E-state index contributed by atoms with van der Waals surface area (Å²) in [6, 6.07) is 2.06. The van der Waals surface area contributed by atoms with Crippen LogP contribution in [0.1, 0.15) is 39.5 Å². The number of hydrogen-bond donors (Lipinski definition) is 1. The molecule has 2 amide bonds. The number of rotatable bonds is 5. The van der Waals surface area contributed by atoms with Crippen LogP contribution in [0.2, 0.25) is 0 Å². The monoisotopic (exact) mass is 304 g/mol. The van der Waals surface area contributed by atoms with E-state index in [1.807, 2.05) is 28.8 Å². The molecule has 2 aliphatic rings. The van der Waals surface area contributed by atoms with Gasteiger partial charge in [-0.25, -0.2) is 0 Å². The number of likely N-dealkylation sites (tertiary alicyclic amines) is 1. The fourth-order valence-electron chi connectivity index (χ4n) is 3.57. The molecule has 1 saturated heterocycles. The number of hydrogen-bond acceptors (Lipinski definition) is 3. The molecule has 1 aromatic rings. The highest BCUT2D eigenvalue weighted by Crippen LogP contribution is 2.41. The molecular weight excluding hydrogens is 280 g/mol. The summed E-state index contributed by atoms with van der Waals surface area (Å²) in [5.74, 6) is 0.209. The molecule has 3 rings (SSSR count). The highest BCUT2D eigenvalue weighted by Gasteiger charge is 2.51. The third kappa shape index (κ3) is 2.87.